The number of morpholine rings is 1. The summed E-state index contributed by atoms with van der Waals surface area (Å²) in [6.07, 6.45) is 2.69. The Labute approximate surface area is 169 Å². The lowest BCUT2D eigenvalue weighted by Crippen LogP contribution is -2.48. The molecule has 0 saturated carbocycles. The Morgan fingerprint density at radius 3 is 2.62 bits per heavy atom. The van der Waals surface area contributed by atoms with Crippen LogP contribution in [0.3, 0.4) is 0 Å². The normalized spacial score (nSPS) is 23.8. The highest BCUT2D eigenvalue weighted by molar-refractivity contribution is 14.0. The van der Waals surface area contributed by atoms with E-state index in [0.717, 1.165) is 57.1 Å². The maximum absolute atomic E-state index is 5.48. The monoisotopic (exact) mass is 470 g/mol. The number of hydrogen-bond donors (Lipinski definition) is 2. The predicted molar refractivity (Wildman–Crippen MR) is 116 cm³/mol. The Hall–Kier alpha value is 0.270. The van der Waals surface area contributed by atoms with Crippen molar-refractivity contribution < 1.29 is 4.74 Å². The van der Waals surface area contributed by atoms with E-state index in [-0.39, 0.29) is 24.0 Å². The summed E-state index contributed by atoms with van der Waals surface area (Å²) in [5, 5.41) is 7.67. The second kappa shape index (κ2) is 12.6. The van der Waals surface area contributed by atoms with E-state index in [1.165, 1.54) is 18.6 Å². The van der Waals surface area contributed by atoms with Gasteiger partial charge in [-0.25, -0.2) is 0 Å². The Bertz CT molecular complexity index is 358. The van der Waals surface area contributed by atoms with Crippen LogP contribution in [0.25, 0.3) is 0 Å². The van der Waals surface area contributed by atoms with Crippen LogP contribution < -0.4 is 10.6 Å². The Balaban J connectivity index is 0.00000288. The number of aliphatic imine (C=N–C) groups is 1. The standard InChI is InChI=1S/C17H34N4OS.HI/c1-4-18-17(19-12-15-6-5-11-23-15)20-13-16(14(2)3)21-7-9-22-10-8-21;/h14-16H,4-13H2,1-3H3,(H2,18,19,20);1H. The number of halogens is 1. The molecule has 0 aromatic heterocycles. The third-order valence-corrected chi connectivity index (χ3v) is 5.98. The van der Waals surface area contributed by atoms with Crippen molar-refractivity contribution in [3.8, 4) is 0 Å². The Morgan fingerprint density at radius 1 is 1.29 bits per heavy atom. The average molecular weight is 470 g/mol. The van der Waals surface area contributed by atoms with Crippen LogP contribution in [0.1, 0.15) is 33.6 Å². The fourth-order valence-electron chi connectivity index (χ4n) is 3.20. The third-order valence-electron chi connectivity index (χ3n) is 4.59. The van der Waals surface area contributed by atoms with Crippen molar-refractivity contribution in [3.63, 3.8) is 0 Å². The zero-order valence-corrected chi connectivity index (χ0v) is 18.6. The molecule has 2 fully saturated rings. The highest BCUT2D eigenvalue weighted by Gasteiger charge is 2.23. The average Bonchev–Trinajstić information content (AvgIpc) is 3.07. The van der Waals surface area contributed by atoms with E-state index in [0.29, 0.717) is 12.0 Å². The smallest absolute Gasteiger partial charge is 0.191 e. The molecule has 142 valence electrons. The highest BCUT2D eigenvalue weighted by Crippen LogP contribution is 2.25. The van der Waals surface area contributed by atoms with E-state index in [1.54, 1.807) is 0 Å². The van der Waals surface area contributed by atoms with Crippen LogP contribution >= 0.6 is 35.7 Å². The van der Waals surface area contributed by atoms with Crippen LogP contribution in [-0.2, 0) is 4.74 Å². The van der Waals surface area contributed by atoms with Gasteiger partial charge in [0, 0.05) is 37.5 Å². The van der Waals surface area contributed by atoms with E-state index >= 15 is 0 Å². The molecule has 0 aromatic rings. The molecule has 2 aliphatic rings. The molecule has 24 heavy (non-hydrogen) atoms. The molecule has 0 radical (unpaired) electrons. The lowest BCUT2D eigenvalue weighted by Gasteiger charge is -2.36. The van der Waals surface area contributed by atoms with Gasteiger partial charge in [-0.15, -0.1) is 24.0 Å². The third kappa shape index (κ3) is 7.66. The van der Waals surface area contributed by atoms with Crippen LogP contribution in [0, 0.1) is 5.92 Å². The summed E-state index contributed by atoms with van der Waals surface area (Å²) in [5.41, 5.74) is 0. The summed E-state index contributed by atoms with van der Waals surface area (Å²) in [6, 6.07) is 0.496. The molecular weight excluding hydrogens is 435 g/mol. The van der Waals surface area contributed by atoms with Crippen molar-refractivity contribution >= 4 is 41.7 Å². The van der Waals surface area contributed by atoms with E-state index in [9.17, 15) is 0 Å². The summed E-state index contributed by atoms with van der Waals surface area (Å²) in [5.74, 6) is 2.89. The van der Waals surface area contributed by atoms with Crippen LogP contribution in [0.4, 0.5) is 0 Å². The first-order valence-electron chi connectivity index (χ1n) is 9.16. The molecule has 2 aliphatic heterocycles. The molecule has 2 saturated heterocycles. The molecular formula is C17H35IN4OS. The van der Waals surface area contributed by atoms with E-state index < -0.39 is 0 Å². The van der Waals surface area contributed by atoms with Crippen LogP contribution in [0.15, 0.2) is 4.99 Å². The topological polar surface area (TPSA) is 48.9 Å². The van der Waals surface area contributed by atoms with Gasteiger partial charge < -0.3 is 15.4 Å². The Kier molecular flexibility index (Phi) is 11.7. The SMILES string of the molecule is CCNC(=NCC(C(C)C)N1CCOCC1)NCC1CCCS1.I. The van der Waals surface area contributed by atoms with Gasteiger partial charge in [0.2, 0.25) is 0 Å². The fourth-order valence-corrected chi connectivity index (χ4v) is 4.40. The first-order valence-corrected chi connectivity index (χ1v) is 10.2. The lowest BCUT2D eigenvalue weighted by molar-refractivity contribution is 0.00867. The molecule has 2 heterocycles. The van der Waals surface area contributed by atoms with Crippen molar-refractivity contribution in [2.24, 2.45) is 10.9 Å². The quantitative estimate of drug-likeness (QED) is 0.340. The fraction of sp³-hybridized carbons (Fsp3) is 0.941. The number of rotatable bonds is 7. The Morgan fingerprint density at radius 2 is 2.04 bits per heavy atom. The summed E-state index contributed by atoms with van der Waals surface area (Å²) in [7, 11) is 0. The minimum Gasteiger partial charge on any atom is -0.379 e. The predicted octanol–water partition coefficient (Wildman–Crippen LogP) is 2.41. The lowest BCUT2D eigenvalue weighted by atomic mass is 10.0. The molecule has 0 amide bonds. The van der Waals surface area contributed by atoms with Gasteiger partial charge in [-0.3, -0.25) is 9.89 Å². The maximum atomic E-state index is 5.48. The molecule has 0 spiro atoms. The van der Waals surface area contributed by atoms with Crippen LogP contribution in [0.5, 0.6) is 0 Å². The van der Waals surface area contributed by atoms with Gasteiger partial charge in [0.1, 0.15) is 0 Å². The van der Waals surface area contributed by atoms with E-state index in [2.05, 4.69) is 48.1 Å². The minimum atomic E-state index is 0. The van der Waals surface area contributed by atoms with Crippen molar-refractivity contribution in [3.05, 3.63) is 0 Å². The van der Waals surface area contributed by atoms with E-state index in [4.69, 9.17) is 9.73 Å². The van der Waals surface area contributed by atoms with Crippen molar-refractivity contribution in [1.29, 1.82) is 0 Å². The zero-order chi connectivity index (χ0) is 16.5. The first-order chi connectivity index (χ1) is 11.2. The number of nitrogens with zero attached hydrogens (tertiary/aromatic N) is 2. The number of guanidine groups is 1. The molecule has 2 unspecified atom stereocenters. The summed E-state index contributed by atoms with van der Waals surface area (Å²) < 4.78 is 5.48. The maximum Gasteiger partial charge on any atom is 0.191 e. The van der Waals surface area contributed by atoms with Crippen molar-refractivity contribution in [2.75, 3.05) is 51.7 Å². The van der Waals surface area contributed by atoms with Crippen molar-refractivity contribution in [1.82, 2.24) is 15.5 Å². The van der Waals surface area contributed by atoms with Gasteiger partial charge in [-0.2, -0.15) is 11.8 Å². The second-order valence-electron chi connectivity index (χ2n) is 6.70. The molecule has 7 heteroatoms. The van der Waals surface area contributed by atoms with E-state index in [1.807, 2.05) is 0 Å². The molecule has 0 bridgehead atoms. The number of ether oxygens (including phenoxy) is 1. The first kappa shape index (κ1) is 22.3. The number of hydrogen-bond acceptors (Lipinski definition) is 4. The summed E-state index contributed by atoms with van der Waals surface area (Å²) in [6.45, 7) is 13.3. The van der Waals surface area contributed by atoms with Crippen LogP contribution in [0.2, 0.25) is 0 Å². The summed E-state index contributed by atoms with van der Waals surface area (Å²) >= 11 is 2.09. The van der Waals surface area contributed by atoms with Gasteiger partial charge >= 0.3 is 0 Å². The molecule has 0 aromatic carbocycles. The van der Waals surface area contributed by atoms with Gasteiger partial charge in [-0.05, 0) is 31.4 Å². The van der Waals surface area contributed by atoms with Gasteiger partial charge in [-0.1, -0.05) is 13.8 Å². The molecule has 5 nitrogen and oxygen atoms in total. The summed E-state index contributed by atoms with van der Waals surface area (Å²) in [4.78, 5) is 7.41. The highest BCUT2D eigenvalue weighted by atomic mass is 127. The second-order valence-corrected chi connectivity index (χ2v) is 8.10. The van der Waals surface area contributed by atoms with Crippen LogP contribution in [-0.4, -0.2) is 73.8 Å². The molecule has 2 rings (SSSR count). The minimum absolute atomic E-state index is 0. The molecule has 2 N–H and O–H groups in total. The van der Waals surface area contributed by atoms with Crippen molar-refractivity contribution in [2.45, 2.75) is 44.9 Å². The largest absolute Gasteiger partial charge is 0.379 e. The number of thioether (sulfide) groups is 1. The number of nitrogens with one attached hydrogen (secondary N) is 2. The molecule has 2 atom stereocenters. The zero-order valence-electron chi connectivity index (χ0n) is 15.4. The van der Waals surface area contributed by atoms with Gasteiger partial charge in [0.25, 0.3) is 0 Å². The van der Waals surface area contributed by atoms with Gasteiger partial charge in [0.05, 0.1) is 19.8 Å². The van der Waals surface area contributed by atoms with Gasteiger partial charge in [0.15, 0.2) is 5.96 Å². The molecule has 0 aliphatic carbocycles.